The van der Waals surface area contributed by atoms with Crippen LogP contribution in [-0.4, -0.2) is 56.5 Å². The summed E-state index contributed by atoms with van der Waals surface area (Å²) in [6, 6.07) is 10.8. The second kappa shape index (κ2) is 12.2. The topological polar surface area (TPSA) is 76.8 Å². The molecule has 1 aromatic heterocycles. The van der Waals surface area contributed by atoms with Gasteiger partial charge in [-0.1, -0.05) is 45.0 Å². The van der Waals surface area contributed by atoms with Gasteiger partial charge in [-0.2, -0.15) is 0 Å². The molecule has 2 bridgehead atoms. The molecule has 15 atom stereocenters. The number of pyridine rings is 1. The van der Waals surface area contributed by atoms with E-state index < -0.39 is 6.10 Å². The Kier molecular flexibility index (Phi) is 8.42. The molecule has 9 rings (SSSR count). The summed E-state index contributed by atoms with van der Waals surface area (Å²) in [6.07, 6.45) is 14.4. The van der Waals surface area contributed by atoms with Crippen LogP contribution in [0.5, 0.6) is 0 Å². The van der Waals surface area contributed by atoms with Gasteiger partial charge in [0.2, 0.25) is 0 Å². The molecule has 4 aliphatic carbocycles. The van der Waals surface area contributed by atoms with Crippen molar-refractivity contribution < 1.29 is 15.3 Å². The van der Waals surface area contributed by atoms with Crippen LogP contribution in [0.15, 0.2) is 43.0 Å². The Labute approximate surface area is 283 Å². The zero-order valence-corrected chi connectivity index (χ0v) is 29.2. The van der Waals surface area contributed by atoms with Gasteiger partial charge in [-0.25, -0.2) is 0 Å². The van der Waals surface area contributed by atoms with Crippen molar-refractivity contribution in [1.82, 2.24) is 9.88 Å². The molecule has 3 saturated heterocycles. The molecule has 1 aromatic carbocycles. The molecule has 7 aliphatic rings. The quantitative estimate of drug-likeness (QED) is 0.270. The number of para-hydroxylation sites is 1. The van der Waals surface area contributed by atoms with Gasteiger partial charge in [-0.15, -0.1) is 6.58 Å². The first-order valence-electron chi connectivity index (χ1n) is 19.4. The van der Waals surface area contributed by atoms with Gasteiger partial charge in [0, 0.05) is 23.7 Å². The van der Waals surface area contributed by atoms with Crippen LogP contribution >= 0.6 is 0 Å². The molecule has 0 amide bonds. The van der Waals surface area contributed by atoms with Crippen molar-refractivity contribution in [3.8, 4) is 0 Å². The van der Waals surface area contributed by atoms with Crippen LogP contribution in [-0.2, 0) is 6.42 Å². The first-order chi connectivity index (χ1) is 22.6. The Morgan fingerprint density at radius 2 is 1.77 bits per heavy atom. The largest absolute Gasteiger partial charge is 0.393 e. The maximum atomic E-state index is 12.0. The molecule has 4 heterocycles. The van der Waals surface area contributed by atoms with Crippen molar-refractivity contribution in [1.29, 1.82) is 0 Å². The predicted octanol–water partition coefficient (Wildman–Crippen LogP) is 7.72. The minimum atomic E-state index is -0.503. The first kappa shape index (κ1) is 32.4. The maximum Gasteiger partial charge on any atom is 0.0952 e. The van der Waals surface area contributed by atoms with E-state index in [2.05, 4.69) is 68.7 Å². The molecular formula is C42H60N2O3. The Hall–Kier alpha value is -1.79. The molecule has 7 fully saturated rings. The van der Waals surface area contributed by atoms with Gasteiger partial charge in [0.1, 0.15) is 0 Å². The van der Waals surface area contributed by atoms with Crippen LogP contribution < -0.4 is 0 Å². The van der Waals surface area contributed by atoms with Gasteiger partial charge in [0.15, 0.2) is 0 Å². The maximum absolute atomic E-state index is 12.0. The normalized spacial score (nSPS) is 45.5. The number of fused-ring (bicyclic) bond motifs is 9. The smallest absolute Gasteiger partial charge is 0.0952 e. The van der Waals surface area contributed by atoms with Crippen molar-refractivity contribution in [2.24, 2.45) is 58.2 Å². The van der Waals surface area contributed by atoms with Crippen LogP contribution in [0.1, 0.15) is 109 Å². The fourth-order valence-electron chi connectivity index (χ4n) is 13.4. The average Bonchev–Trinajstić information content (AvgIpc) is 3.45. The number of piperidine rings is 3. The third-order valence-electron chi connectivity index (χ3n) is 15.9. The number of nitrogens with zero attached hydrogens (tertiary/aromatic N) is 2. The second-order valence-corrected chi connectivity index (χ2v) is 17.9. The number of hydrogen-bond donors (Lipinski definition) is 3. The number of benzene rings is 1. The molecular weight excluding hydrogens is 580 g/mol. The summed E-state index contributed by atoms with van der Waals surface area (Å²) < 4.78 is 0. The molecule has 5 nitrogen and oxygen atoms in total. The number of hydrogen-bond acceptors (Lipinski definition) is 5. The molecule has 256 valence electrons. The van der Waals surface area contributed by atoms with E-state index in [1.54, 1.807) is 0 Å². The van der Waals surface area contributed by atoms with Gasteiger partial charge in [0.05, 0.1) is 23.8 Å². The fourth-order valence-corrected chi connectivity index (χ4v) is 13.4. The lowest BCUT2D eigenvalue weighted by molar-refractivity contribution is -0.172. The van der Waals surface area contributed by atoms with Crippen molar-refractivity contribution in [2.45, 2.75) is 122 Å². The van der Waals surface area contributed by atoms with Gasteiger partial charge in [0.25, 0.3) is 0 Å². The van der Waals surface area contributed by atoms with Crippen LogP contribution in [0.3, 0.4) is 0 Å². The molecule has 5 heteroatoms. The lowest BCUT2D eigenvalue weighted by Gasteiger charge is -2.62. The molecule has 0 spiro atoms. The van der Waals surface area contributed by atoms with Crippen LogP contribution in [0.25, 0.3) is 10.9 Å². The Balaban J connectivity index is 0.983. The van der Waals surface area contributed by atoms with Gasteiger partial charge < -0.3 is 15.3 Å². The standard InChI is InChI=1S/C42H60N2O3/c1-5-26-24-44-19-16-27(26)20-38(44)40(47)31-21-28(43-37-9-7-6-8-30(31)37)11-10-25(2)33-12-13-34-32-23-39(46)36-22-29(45)14-17-42(36,4)35(32)15-18-41(33,34)3/h5-9,21,25-27,29,32-36,38-40,45-47H,1,10-20,22-24H2,2-4H3/t25-,26+,27+,29-,32+,33-,34+,35+,36+,38-,39+,40+,41-,42-/m1/s1. The van der Waals surface area contributed by atoms with E-state index in [9.17, 15) is 15.3 Å². The van der Waals surface area contributed by atoms with Crippen LogP contribution in [0, 0.1) is 58.2 Å². The van der Waals surface area contributed by atoms with E-state index in [1.807, 2.05) is 0 Å². The zero-order chi connectivity index (χ0) is 32.7. The summed E-state index contributed by atoms with van der Waals surface area (Å²) in [5.41, 5.74) is 3.72. The highest BCUT2D eigenvalue weighted by atomic mass is 16.3. The minimum Gasteiger partial charge on any atom is -0.393 e. The first-order valence-corrected chi connectivity index (χ1v) is 19.4. The average molecular weight is 641 g/mol. The number of aliphatic hydroxyl groups excluding tert-OH is 3. The Bertz CT molecular complexity index is 1480. The van der Waals surface area contributed by atoms with Crippen molar-refractivity contribution >= 4 is 10.9 Å². The van der Waals surface area contributed by atoms with Crippen LogP contribution in [0.4, 0.5) is 0 Å². The summed E-state index contributed by atoms with van der Waals surface area (Å²) in [7, 11) is 0. The lowest BCUT2D eigenvalue weighted by atomic mass is 9.44. The lowest BCUT2D eigenvalue weighted by Crippen LogP contribution is -2.58. The van der Waals surface area contributed by atoms with Gasteiger partial charge in [-0.3, -0.25) is 9.88 Å². The highest BCUT2D eigenvalue weighted by Gasteiger charge is 2.62. The number of rotatable bonds is 7. The SMILES string of the molecule is C=C[C@H]1CN2CC[C@H]1C[C@@H]2[C@@H](O)c1cc(CC[C@@H](C)[C@H]2CC[C@H]3[C@@H]4C[C@H](O)[C@@H]5C[C@H](O)CC[C@]5(C)[C@H]4CC[C@]23C)nc2ccccc12. The number of aryl methyl sites for hydroxylation is 1. The molecule has 4 saturated carbocycles. The van der Waals surface area contributed by atoms with E-state index in [4.69, 9.17) is 4.98 Å². The van der Waals surface area contributed by atoms with E-state index in [0.29, 0.717) is 46.8 Å². The Morgan fingerprint density at radius 1 is 0.979 bits per heavy atom. The molecule has 3 aliphatic heterocycles. The molecule has 47 heavy (non-hydrogen) atoms. The van der Waals surface area contributed by atoms with Crippen LogP contribution in [0.2, 0.25) is 0 Å². The second-order valence-electron chi connectivity index (χ2n) is 17.9. The predicted molar refractivity (Wildman–Crippen MR) is 189 cm³/mol. The van der Waals surface area contributed by atoms with E-state index in [1.165, 1.54) is 32.1 Å². The van der Waals surface area contributed by atoms with Crippen molar-refractivity contribution in [2.75, 3.05) is 13.1 Å². The zero-order valence-electron chi connectivity index (χ0n) is 29.2. The summed E-state index contributed by atoms with van der Waals surface area (Å²) in [5, 5.41) is 35.0. The van der Waals surface area contributed by atoms with E-state index in [0.717, 1.165) is 80.2 Å². The monoisotopic (exact) mass is 640 g/mol. The number of aliphatic hydroxyl groups is 3. The van der Waals surface area contributed by atoms with E-state index >= 15 is 0 Å². The summed E-state index contributed by atoms with van der Waals surface area (Å²) in [4.78, 5) is 7.68. The highest BCUT2D eigenvalue weighted by molar-refractivity contribution is 5.82. The summed E-state index contributed by atoms with van der Waals surface area (Å²) in [6.45, 7) is 13.8. The molecule has 2 aromatic rings. The summed E-state index contributed by atoms with van der Waals surface area (Å²) >= 11 is 0. The van der Waals surface area contributed by atoms with Gasteiger partial charge >= 0.3 is 0 Å². The Morgan fingerprint density at radius 3 is 2.55 bits per heavy atom. The summed E-state index contributed by atoms with van der Waals surface area (Å²) in [5.74, 6) is 4.79. The highest BCUT2D eigenvalue weighted by Crippen LogP contribution is 2.68. The van der Waals surface area contributed by atoms with Crippen molar-refractivity contribution in [3.63, 3.8) is 0 Å². The third kappa shape index (κ3) is 5.27. The molecule has 1 unspecified atom stereocenters. The van der Waals surface area contributed by atoms with Gasteiger partial charge in [-0.05, 0) is 159 Å². The van der Waals surface area contributed by atoms with E-state index in [-0.39, 0.29) is 29.6 Å². The molecule has 0 radical (unpaired) electrons. The number of aromatic nitrogens is 1. The molecule has 3 N–H and O–H groups in total. The third-order valence-corrected chi connectivity index (χ3v) is 15.9. The minimum absolute atomic E-state index is 0.169. The van der Waals surface area contributed by atoms with Crippen molar-refractivity contribution in [3.05, 3.63) is 54.2 Å². The fraction of sp³-hybridized carbons (Fsp3) is 0.738.